The van der Waals surface area contributed by atoms with Gasteiger partial charge in [-0.1, -0.05) is 0 Å². The number of nitrogens with zero attached hydrogens (tertiary/aromatic N) is 6. The van der Waals surface area contributed by atoms with E-state index in [1.807, 2.05) is 16.6 Å². The molecule has 5 rings (SSSR count). The summed E-state index contributed by atoms with van der Waals surface area (Å²) in [5.41, 5.74) is 0.755. The lowest BCUT2D eigenvalue weighted by Gasteiger charge is -2.44. The number of fused-ring (bicyclic) bond motifs is 1. The first-order valence-electron chi connectivity index (χ1n) is 9.61. The second-order valence-electron chi connectivity index (χ2n) is 8.01. The van der Waals surface area contributed by atoms with Gasteiger partial charge in [-0.25, -0.2) is 13.2 Å². The topological polar surface area (TPSA) is 113 Å². The molecular weight excluding hydrogens is 382 g/mol. The number of urea groups is 1. The Morgan fingerprint density at radius 2 is 2.00 bits per heavy atom. The van der Waals surface area contributed by atoms with E-state index in [-0.39, 0.29) is 29.6 Å². The van der Waals surface area contributed by atoms with Crippen LogP contribution < -0.4 is 10.2 Å². The average molecular weight is 405 g/mol. The van der Waals surface area contributed by atoms with Crippen LogP contribution in [-0.2, 0) is 9.84 Å². The summed E-state index contributed by atoms with van der Waals surface area (Å²) in [7, 11) is -1.25. The molecule has 2 aliphatic heterocycles. The third kappa shape index (κ3) is 3.17. The number of hydrogen-bond acceptors (Lipinski definition) is 7. The molecule has 150 valence electrons. The summed E-state index contributed by atoms with van der Waals surface area (Å²) in [6.07, 6.45) is 2.77. The van der Waals surface area contributed by atoms with Crippen LogP contribution in [0, 0.1) is 0 Å². The van der Waals surface area contributed by atoms with Crippen molar-refractivity contribution in [1.82, 2.24) is 30.0 Å². The summed E-state index contributed by atoms with van der Waals surface area (Å²) in [6, 6.07) is 3.42. The number of carbonyl (C=O) groups is 1. The molecule has 28 heavy (non-hydrogen) atoms. The van der Waals surface area contributed by atoms with E-state index in [4.69, 9.17) is 0 Å². The molecule has 3 aliphatic rings. The number of aromatic nitrogens is 4. The molecule has 0 bridgehead atoms. The number of carbonyl (C=O) groups excluding carboxylic acids is 1. The molecule has 2 aromatic heterocycles. The van der Waals surface area contributed by atoms with E-state index in [1.165, 1.54) is 0 Å². The molecule has 0 radical (unpaired) electrons. The molecule has 3 fully saturated rings. The predicted octanol–water partition coefficient (Wildman–Crippen LogP) is 0.0188. The normalized spacial score (nSPS) is 24.3. The number of hydrogen-bond donors (Lipinski definition) is 1. The lowest BCUT2D eigenvalue weighted by atomic mass is 10.1. The van der Waals surface area contributed by atoms with Gasteiger partial charge in [0.1, 0.15) is 5.82 Å². The fourth-order valence-electron chi connectivity index (χ4n) is 3.80. The molecule has 2 saturated heterocycles. The average Bonchev–Trinajstić information content (AvgIpc) is 3.28. The maximum atomic E-state index is 12.4. The lowest BCUT2D eigenvalue weighted by molar-refractivity contribution is 0.175. The first kappa shape index (κ1) is 17.7. The molecule has 1 N–H and O–H groups in total. The lowest BCUT2D eigenvalue weighted by Crippen LogP contribution is -2.62. The smallest absolute Gasteiger partial charge is 0.317 e. The van der Waals surface area contributed by atoms with Crippen molar-refractivity contribution in [3.63, 3.8) is 0 Å². The summed E-state index contributed by atoms with van der Waals surface area (Å²) < 4.78 is 24.9. The molecule has 10 nitrogen and oxygen atoms in total. The third-order valence-corrected chi connectivity index (χ3v) is 7.60. The summed E-state index contributed by atoms with van der Waals surface area (Å²) in [5, 5.41) is 16.0. The zero-order valence-electron chi connectivity index (χ0n) is 15.7. The Hall–Kier alpha value is -2.43. The monoisotopic (exact) mass is 405 g/mol. The van der Waals surface area contributed by atoms with Crippen LogP contribution in [0.15, 0.2) is 12.1 Å². The molecular formula is C17H23N7O3S. The van der Waals surface area contributed by atoms with Gasteiger partial charge in [-0.15, -0.1) is 15.3 Å². The van der Waals surface area contributed by atoms with E-state index in [1.54, 1.807) is 11.9 Å². The van der Waals surface area contributed by atoms with Gasteiger partial charge in [0, 0.05) is 32.1 Å². The van der Waals surface area contributed by atoms with Crippen molar-refractivity contribution in [3.05, 3.63) is 18.0 Å². The second-order valence-corrected chi connectivity index (χ2v) is 10.2. The fraction of sp³-hybridized carbons (Fsp3) is 0.647. The summed E-state index contributed by atoms with van der Waals surface area (Å²) in [5.74, 6) is 2.43. The first-order chi connectivity index (χ1) is 13.4. The van der Waals surface area contributed by atoms with Gasteiger partial charge in [-0.2, -0.15) is 4.52 Å². The maximum absolute atomic E-state index is 12.4. The Balaban J connectivity index is 1.20. The number of rotatable bonds is 4. The van der Waals surface area contributed by atoms with E-state index >= 15 is 0 Å². The van der Waals surface area contributed by atoms with E-state index in [2.05, 4.69) is 25.5 Å². The Kier molecular flexibility index (Phi) is 3.97. The van der Waals surface area contributed by atoms with Gasteiger partial charge in [0.2, 0.25) is 0 Å². The van der Waals surface area contributed by atoms with E-state index in [0.29, 0.717) is 25.4 Å². The quantitative estimate of drug-likeness (QED) is 0.763. The van der Waals surface area contributed by atoms with Crippen LogP contribution in [-0.4, -0.2) is 82.9 Å². The van der Waals surface area contributed by atoms with Gasteiger partial charge < -0.3 is 15.1 Å². The van der Waals surface area contributed by atoms with Crippen molar-refractivity contribution >= 4 is 27.3 Å². The fourth-order valence-corrected chi connectivity index (χ4v) is 5.47. The molecule has 2 amide bonds. The highest BCUT2D eigenvalue weighted by Gasteiger charge is 2.36. The van der Waals surface area contributed by atoms with Crippen molar-refractivity contribution in [2.75, 3.05) is 36.5 Å². The van der Waals surface area contributed by atoms with Crippen LogP contribution in [0.4, 0.5) is 10.6 Å². The van der Waals surface area contributed by atoms with Gasteiger partial charge in [0.15, 0.2) is 21.3 Å². The minimum Gasteiger partial charge on any atom is -0.351 e. The van der Waals surface area contributed by atoms with Crippen molar-refractivity contribution in [2.45, 2.75) is 37.3 Å². The highest BCUT2D eigenvalue weighted by molar-refractivity contribution is 7.91. The predicted molar refractivity (Wildman–Crippen MR) is 102 cm³/mol. The zero-order chi connectivity index (χ0) is 19.5. The summed E-state index contributed by atoms with van der Waals surface area (Å²) in [4.78, 5) is 16.2. The standard InChI is InChI=1S/C17H23N7O3S/c1-22(17(25)18-12-6-7-28(26,27)10-12)13-8-23(9-13)15-5-4-14-19-20-16(11-2-3-11)24(14)21-15/h4-5,11-13H,2-3,6-10H2,1H3,(H,18,25). The molecule has 1 atom stereocenters. The number of likely N-dealkylation sites (N-methyl/N-ethyl adjacent to an activating group) is 1. The number of sulfone groups is 1. The molecule has 1 unspecified atom stereocenters. The molecule has 4 heterocycles. The van der Waals surface area contributed by atoms with Gasteiger partial charge in [0.05, 0.1) is 17.5 Å². The highest BCUT2D eigenvalue weighted by atomic mass is 32.2. The van der Waals surface area contributed by atoms with Crippen molar-refractivity contribution in [1.29, 1.82) is 0 Å². The summed E-state index contributed by atoms with van der Waals surface area (Å²) >= 11 is 0. The maximum Gasteiger partial charge on any atom is 0.317 e. The SMILES string of the molecule is CN(C(=O)NC1CCS(=O)(=O)C1)C1CN(c2ccc3nnc(C4CC4)n3n2)C1. The van der Waals surface area contributed by atoms with Gasteiger partial charge in [-0.05, 0) is 31.4 Å². The first-order valence-corrected chi connectivity index (χ1v) is 11.4. The van der Waals surface area contributed by atoms with Gasteiger partial charge >= 0.3 is 6.03 Å². The number of nitrogens with one attached hydrogen (secondary N) is 1. The van der Waals surface area contributed by atoms with Crippen LogP contribution in [0.1, 0.15) is 31.0 Å². The minimum absolute atomic E-state index is 0.0373. The number of amides is 2. The molecule has 11 heteroatoms. The van der Waals surface area contributed by atoms with Crippen molar-refractivity contribution in [3.8, 4) is 0 Å². The number of anilines is 1. The van der Waals surface area contributed by atoms with E-state index in [0.717, 1.165) is 30.1 Å². The van der Waals surface area contributed by atoms with Gasteiger partial charge in [-0.3, -0.25) is 0 Å². The summed E-state index contributed by atoms with van der Waals surface area (Å²) in [6.45, 7) is 1.37. The van der Waals surface area contributed by atoms with E-state index in [9.17, 15) is 13.2 Å². The Bertz CT molecular complexity index is 1030. The minimum atomic E-state index is -3.00. The molecule has 1 aliphatic carbocycles. The van der Waals surface area contributed by atoms with Crippen LogP contribution in [0.5, 0.6) is 0 Å². The molecule has 2 aromatic rings. The zero-order valence-corrected chi connectivity index (χ0v) is 16.5. The van der Waals surface area contributed by atoms with Crippen LogP contribution >= 0.6 is 0 Å². The van der Waals surface area contributed by atoms with Gasteiger partial charge in [0.25, 0.3) is 0 Å². The third-order valence-electron chi connectivity index (χ3n) is 5.83. The Morgan fingerprint density at radius 1 is 1.21 bits per heavy atom. The van der Waals surface area contributed by atoms with Crippen molar-refractivity contribution in [2.24, 2.45) is 0 Å². The van der Waals surface area contributed by atoms with Crippen LogP contribution in [0.25, 0.3) is 5.65 Å². The molecule has 1 saturated carbocycles. The molecule has 0 aromatic carbocycles. The second kappa shape index (κ2) is 6.29. The van der Waals surface area contributed by atoms with Crippen LogP contribution in [0.3, 0.4) is 0 Å². The van der Waals surface area contributed by atoms with E-state index < -0.39 is 9.84 Å². The Morgan fingerprint density at radius 3 is 2.68 bits per heavy atom. The highest BCUT2D eigenvalue weighted by Crippen LogP contribution is 2.38. The largest absolute Gasteiger partial charge is 0.351 e. The Labute approximate surface area is 162 Å². The van der Waals surface area contributed by atoms with Crippen LogP contribution in [0.2, 0.25) is 0 Å². The van der Waals surface area contributed by atoms with Crippen molar-refractivity contribution < 1.29 is 13.2 Å². The molecule has 0 spiro atoms.